The standard InChI is InChI=1S/C17H19FN2O/c1-20(2)12-14-5-3-13(4-6-14)11-19-17(21)15-7-9-16(18)10-8-15/h3-10H,11-12H2,1-2H3,(H,19,21). The lowest BCUT2D eigenvalue weighted by Crippen LogP contribution is -2.22. The van der Waals surface area contributed by atoms with Gasteiger partial charge in [-0.2, -0.15) is 0 Å². The fourth-order valence-electron chi connectivity index (χ4n) is 2.01. The Morgan fingerprint density at radius 2 is 1.57 bits per heavy atom. The first-order chi connectivity index (χ1) is 10.0. The summed E-state index contributed by atoms with van der Waals surface area (Å²) in [4.78, 5) is 14.0. The lowest BCUT2D eigenvalue weighted by atomic mass is 10.1. The van der Waals surface area contributed by atoms with Crippen LogP contribution in [0.5, 0.6) is 0 Å². The first kappa shape index (κ1) is 15.2. The number of nitrogens with zero attached hydrogens (tertiary/aromatic N) is 1. The Kier molecular flexibility index (Phi) is 5.06. The summed E-state index contributed by atoms with van der Waals surface area (Å²) >= 11 is 0. The molecule has 0 unspecified atom stereocenters. The molecule has 4 heteroatoms. The maximum Gasteiger partial charge on any atom is 0.251 e. The van der Waals surface area contributed by atoms with Crippen LogP contribution in [-0.2, 0) is 13.1 Å². The Morgan fingerprint density at radius 1 is 1.00 bits per heavy atom. The molecule has 110 valence electrons. The average molecular weight is 286 g/mol. The van der Waals surface area contributed by atoms with Gasteiger partial charge in [-0.05, 0) is 49.5 Å². The van der Waals surface area contributed by atoms with Crippen molar-refractivity contribution in [3.8, 4) is 0 Å². The molecule has 0 radical (unpaired) electrons. The Bertz CT molecular complexity index is 591. The summed E-state index contributed by atoms with van der Waals surface area (Å²) in [6, 6.07) is 13.6. The van der Waals surface area contributed by atoms with Crippen LogP contribution in [0.3, 0.4) is 0 Å². The summed E-state index contributed by atoms with van der Waals surface area (Å²) in [5.41, 5.74) is 2.72. The van der Waals surface area contributed by atoms with Crippen LogP contribution in [0, 0.1) is 5.82 Å². The lowest BCUT2D eigenvalue weighted by molar-refractivity contribution is 0.0951. The number of halogens is 1. The van der Waals surface area contributed by atoms with Gasteiger partial charge in [-0.1, -0.05) is 24.3 Å². The van der Waals surface area contributed by atoms with Crippen molar-refractivity contribution in [2.45, 2.75) is 13.1 Å². The Morgan fingerprint density at radius 3 is 2.14 bits per heavy atom. The van der Waals surface area contributed by atoms with E-state index in [0.717, 1.165) is 12.1 Å². The van der Waals surface area contributed by atoms with Crippen LogP contribution in [0.2, 0.25) is 0 Å². The predicted molar refractivity (Wildman–Crippen MR) is 81.4 cm³/mol. The van der Waals surface area contributed by atoms with E-state index in [1.807, 2.05) is 26.2 Å². The highest BCUT2D eigenvalue weighted by atomic mass is 19.1. The first-order valence-corrected chi connectivity index (χ1v) is 6.81. The van der Waals surface area contributed by atoms with E-state index < -0.39 is 0 Å². The third kappa shape index (κ3) is 4.68. The molecule has 0 fully saturated rings. The van der Waals surface area contributed by atoms with Crippen LogP contribution in [0.15, 0.2) is 48.5 Å². The zero-order chi connectivity index (χ0) is 15.2. The molecule has 0 heterocycles. The monoisotopic (exact) mass is 286 g/mol. The molecule has 0 aliphatic rings. The van der Waals surface area contributed by atoms with Crippen LogP contribution in [0.1, 0.15) is 21.5 Å². The van der Waals surface area contributed by atoms with Gasteiger partial charge in [0, 0.05) is 18.7 Å². The summed E-state index contributed by atoms with van der Waals surface area (Å²) in [6.45, 7) is 1.35. The van der Waals surface area contributed by atoms with E-state index in [-0.39, 0.29) is 11.7 Å². The molecule has 0 aliphatic heterocycles. The highest BCUT2D eigenvalue weighted by molar-refractivity contribution is 5.94. The largest absolute Gasteiger partial charge is 0.348 e. The van der Waals surface area contributed by atoms with Crippen molar-refractivity contribution in [1.29, 1.82) is 0 Å². The zero-order valence-corrected chi connectivity index (χ0v) is 12.3. The van der Waals surface area contributed by atoms with Gasteiger partial charge in [0.1, 0.15) is 5.82 Å². The van der Waals surface area contributed by atoms with Gasteiger partial charge in [0.2, 0.25) is 0 Å². The summed E-state index contributed by atoms with van der Waals surface area (Å²) in [7, 11) is 4.05. The van der Waals surface area contributed by atoms with Crippen LogP contribution in [0.4, 0.5) is 4.39 Å². The molecule has 0 atom stereocenters. The van der Waals surface area contributed by atoms with E-state index >= 15 is 0 Å². The van der Waals surface area contributed by atoms with E-state index in [1.54, 1.807) is 0 Å². The number of nitrogens with one attached hydrogen (secondary N) is 1. The summed E-state index contributed by atoms with van der Waals surface area (Å²) < 4.78 is 12.8. The molecule has 0 saturated carbocycles. The lowest BCUT2D eigenvalue weighted by Gasteiger charge is -2.10. The van der Waals surface area contributed by atoms with Crippen molar-refractivity contribution >= 4 is 5.91 Å². The third-order valence-electron chi connectivity index (χ3n) is 3.08. The van der Waals surface area contributed by atoms with Crippen LogP contribution >= 0.6 is 0 Å². The van der Waals surface area contributed by atoms with Gasteiger partial charge in [-0.25, -0.2) is 4.39 Å². The van der Waals surface area contributed by atoms with Crippen molar-refractivity contribution in [3.05, 3.63) is 71.0 Å². The van der Waals surface area contributed by atoms with Crippen molar-refractivity contribution in [1.82, 2.24) is 10.2 Å². The molecular formula is C17H19FN2O. The molecule has 0 spiro atoms. The average Bonchev–Trinajstić information content (AvgIpc) is 2.46. The molecule has 3 nitrogen and oxygen atoms in total. The molecule has 1 amide bonds. The molecule has 2 rings (SSSR count). The van der Waals surface area contributed by atoms with Crippen molar-refractivity contribution in [2.24, 2.45) is 0 Å². The molecule has 21 heavy (non-hydrogen) atoms. The molecule has 0 aliphatic carbocycles. The maximum atomic E-state index is 12.8. The topological polar surface area (TPSA) is 32.3 Å². The summed E-state index contributed by atoms with van der Waals surface area (Å²) in [5.74, 6) is -0.546. The highest BCUT2D eigenvalue weighted by Crippen LogP contribution is 2.07. The Balaban J connectivity index is 1.90. The smallest absolute Gasteiger partial charge is 0.251 e. The second kappa shape index (κ2) is 6.99. The van der Waals surface area contributed by atoms with Gasteiger partial charge in [-0.3, -0.25) is 4.79 Å². The van der Waals surface area contributed by atoms with Crippen LogP contribution in [0.25, 0.3) is 0 Å². The number of hydrogen-bond acceptors (Lipinski definition) is 2. The van der Waals surface area contributed by atoms with Gasteiger partial charge >= 0.3 is 0 Å². The number of carbonyl (C=O) groups is 1. The van der Waals surface area contributed by atoms with Gasteiger partial charge < -0.3 is 10.2 Å². The highest BCUT2D eigenvalue weighted by Gasteiger charge is 2.05. The number of hydrogen-bond donors (Lipinski definition) is 1. The summed E-state index contributed by atoms with van der Waals surface area (Å²) in [5, 5.41) is 2.82. The van der Waals surface area contributed by atoms with Crippen molar-refractivity contribution < 1.29 is 9.18 Å². The number of amides is 1. The van der Waals surface area contributed by atoms with Gasteiger partial charge in [0.15, 0.2) is 0 Å². The predicted octanol–water partition coefficient (Wildman–Crippen LogP) is 2.82. The zero-order valence-electron chi connectivity index (χ0n) is 12.3. The molecule has 0 saturated heterocycles. The molecule has 2 aromatic carbocycles. The molecule has 0 bridgehead atoms. The minimum Gasteiger partial charge on any atom is -0.348 e. The molecule has 2 aromatic rings. The third-order valence-corrected chi connectivity index (χ3v) is 3.08. The van der Waals surface area contributed by atoms with E-state index in [1.165, 1.54) is 29.8 Å². The van der Waals surface area contributed by atoms with E-state index in [0.29, 0.717) is 12.1 Å². The van der Waals surface area contributed by atoms with Gasteiger partial charge in [0.25, 0.3) is 5.91 Å². The van der Waals surface area contributed by atoms with Gasteiger partial charge in [-0.15, -0.1) is 0 Å². The molecule has 1 N–H and O–H groups in total. The van der Waals surface area contributed by atoms with Crippen molar-refractivity contribution in [3.63, 3.8) is 0 Å². The Labute approximate surface area is 124 Å². The minimum atomic E-state index is -0.344. The van der Waals surface area contributed by atoms with E-state index in [2.05, 4.69) is 22.3 Å². The van der Waals surface area contributed by atoms with E-state index in [4.69, 9.17) is 0 Å². The second-order valence-electron chi connectivity index (χ2n) is 5.24. The molecule has 0 aromatic heterocycles. The quantitative estimate of drug-likeness (QED) is 0.916. The normalized spacial score (nSPS) is 10.7. The molecular weight excluding hydrogens is 267 g/mol. The van der Waals surface area contributed by atoms with E-state index in [9.17, 15) is 9.18 Å². The van der Waals surface area contributed by atoms with Gasteiger partial charge in [0.05, 0.1) is 0 Å². The SMILES string of the molecule is CN(C)Cc1ccc(CNC(=O)c2ccc(F)cc2)cc1. The minimum absolute atomic E-state index is 0.202. The number of rotatable bonds is 5. The fourth-order valence-corrected chi connectivity index (χ4v) is 2.01. The second-order valence-corrected chi connectivity index (χ2v) is 5.24. The first-order valence-electron chi connectivity index (χ1n) is 6.81. The van der Waals surface area contributed by atoms with Crippen molar-refractivity contribution in [2.75, 3.05) is 14.1 Å². The Hall–Kier alpha value is -2.20. The number of benzene rings is 2. The summed E-state index contributed by atoms with van der Waals surface area (Å²) in [6.07, 6.45) is 0. The van der Waals surface area contributed by atoms with Crippen LogP contribution in [-0.4, -0.2) is 24.9 Å². The fraction of sp³-hybridized carbons (Fsp3) is 0.235. The number of carbonyl (C=O) groups excluding carboxylic acids is 1. The maximum absolute atomic E-state index is 12.8. The van der Waals surface area contributed by atoms with Crippen LogP contribution < -0.4 is 5.32 Å².